The van der Waals surface area contributed by atoms with Crippen molar-refractivity contribution < 1.29 is 23.9 Å². The van der Waals surface area contributed by atoms with Gasteiger partial charge in [0.05, 0.1) is 18.7 Å². The first-order valence-electron chi connectivity index (χ1n) is 5.62. The first kappa shape index (κ1) is 14.4. The predicted octanol–water partition coefficient (Wildman–Crippen LogP) is 2.85. The highest BCUT2D eigenvalue weighted by Crippen LogP contribution is 2.34. The van der Waals surface area contributed by atoms with E-state index in [1.54, 1.807) is 19.2 Å². The van der Waals surface area contributed by atoms with Crippen LogP contribution in [0.5, 0.6) is 5.75 Å². The fourth-order valence-corrected chi connectivity index (χ4v) is 2.01. The van der Waals surface area contributed by atoms with Gasteiger partial charge in [-0.15, -0.1) is 0 Å². The van der Waals surface area contributed by atoms with E-state index < -0.39 is 5.97 Å². The van der Waals surface area contributed by atoms with E-state index in [1.807, 2.05) is 0 Å². The minimum atomic E-state index is -1.18. The predicted molar refractivity (Wildman–Crippen MR) is 71.2 cm³/mol. The molecule has 0 unspecified atom stereocenters. The van der Waals surface area contributed by atoms with Crippen molar-refractivity contribution in [2.24, 2.45) is 0 Å². The highest BCUT2D eigenvalue weighted by Gasteiger charge is 2.17. The van der Waals surface area contributed by atoms with E-state index in [4.69, 9.17) is 30.7 Å². The van der Waals surface area contributed by atoms with E-state index in [2.05, 4.69) is 5.16 Å². The Morgan fingerprint density at radius 1 is 1.40 bits per heavy atom. The van der Waals surface area contributed by atoms with Crippen molar-refractivity contribution in [3.63, 3.8) is 0 Å². The summed E-state index contributed by atoms with van der Waals surface area (Å²) < 4.78 is 15.0. The second-order valence-corrected chi connectivity index (χ2v) is 4.37. The number of ether oxygens (including phenoxy) is 2. The van der Waals surface area contributed by atoms with Gasteiger partial charge in [0.1, 0.15) is 11.4 Å². The lowest BCUT2D eigenvalue weighted by Crippen LogP contribution is -1.95. The molecule has 0 atom stereocenters. The molecule has 0 saturated heterocycles. The number of methoxy groups -OCH3 is 2. The van der Waals surface area contributed by atoms with Crippen LogP contribution >= 0.6 is 11.6 Å². The van der Waals surface area contributed by atoms with Crippen LogP contribution in [0.2, 0.25) is 5.02 Å². The summed E-state index contributed by atoms with van der Waals surface area (Å²) in [6.45, 7) is 0.304. The number of hydrogen-bond acceptors (Lipinski definition) is 5. The van der Waals surface area contributed by atoms with Gasteiger partial charge in [0.25, 0.3) is 0 Å². The van der Waals surface area contributed by atoms with Crippen LogP contribution < -0.4 is 4.74 Å². The topological polar surface area (TPSA) is 81.8 Å². The second-order valence-electron chi connectivity index (χ2n) is 3.96. The van der Waals surface area contributed by atoms with E-state index in [9.17, 15) is 4.79 Å². The van der Waals surface area contributed by atoms with Gasteiger partial charge in [0.15, 0.2) is 0 Å². The van der Waals surface area contributed by atoms with E-state index in [1.165, 1.54) is 13.2 Å². The zero-order chi connectivity index (χ0) is 14.7. The Balaban J connectivity index is 2.52. The number of rotatable bonds is 5. The maximum Gasteiger partial charge on any atom is 0.374 e. The van der Waals surface area contributed by atoms with Gasteiger partial charge in [-0.05, 0) is 17.7 Å². The zero-order valence-electron chi connectivity index (χ0n) is 10.8. The summed E-state index contributed by atoms with van der Waals surface area (Å²) in [5.41, 5.74) is 1.77. The summed E-state index contributed by atoms with van der Waals surface area (Å²) in [6, 6.07) is 4.69. The Morgan fingerprint density at radius 2 is 2.15 bits per heavy atom. The maximum absolute atomic E-state index is 10.8. The second kappa shape index (κ2) is 5.94. The number of hydrogen-bond donors (Lipinski definition) is 1. The Hall–Kier alpha value is -2.05. The fraction of sp³-hybridized carbons (Fsp3) is 0.231. The molecule has 0 aliphatic rings. The molecular formula is C13H12ClNO5. The lowest BCUT2D eigenvalue weighted by Gasteiger charge is -2.10. The van der Waals surface area contributed by atoms with Gasteiger partial charge in [0.2, 0.25) is 5.76 Å². The largest absolute Gasteiger partial charge is 0.495 e. The van der Waals surface area contributed by atoms with Crippen LogP contribution in [0.1, 0.15) is 16.1 Å². The van der Waals surface area contributed by atoms with Crippen LogP contribution in [-0.4, -0.2) is 30.5 Å². The van der Waals surface area contributed by atoms with Crippen LogP contribution in [0, 0.1) is 0 Å². The third kappa shape index (κ3) is 2.76. The molecule has 0 aliphatic heterocycles. The minimum absolute atomic E-state index is 0.240. The number of carboxylic acid groups (broad SMARTS) is 1. The van der Waals surface area contributed by atoms with Crippen molar-refractivity contribution in [2.75, 3.05) is 14.2 Å². The van der Waals surface area contributed by atoms with Crippen LogP contribution in [0.25, 0.3) is 11.3 Å². The molecule has 7 heteroatoms. The fourth-order valence-electron chi connectivity index (χ4n) is 1.77. The van der Waals surface area contributed by atoms with Crippen LogP contribution in [-0.2, 0) is 11.3 Å². The molecule has 1 aromatic carbocycles. The maximum atomic E-state index is 10.8. The monoisotopic (exact) mass is 297 g/mol. The number of carbonyl (C=O) groups is 1. The molecule has 0 bridgehead atoms. The van der Waals surface area contributed by atoms with Crippen molar-refractivity contribution in [3.05, 3.63) is 34.5 Å². The van der Waals surface area contributed by atoms with Gasteiger partial charge in [-0.1, -0.05) is 16.8 Å². The van der Waals surface area contributed by atoms with Gasteiger partial charge in [0, 0.05) is 18.7 Å². The molecule has 2 aromatic rings. The van der Waals surface area contributed by atoms with Gasteiger partial charge in [-0.3, -0.25) is 0 Å². The lowest BCUT2D eigenvalue weighted by molar-refractivity contribution is 0.0652. The Morgan fingerprint density at radius 3 is 2.70 bits per heavy atom. The number of aromatic nitrogens is 1. The standard InChI is InChI=1S/C13H12ClNO5/c1-18-6-7-3-11(19-2)9(14)4-8(7)10-5-12(13(16)17)20-15-10/h3-5H,6H2,1-2H3,(H,16,17). The Labute approximate surface area is 119 Å². The SMILES string of the molecule is COCc1cc(OC)c(Cl)cc1-c1cc(C(=O)O)on1. The number of carboxylic acids is 1. The van der Waals surface area contributed by atoms with Crippen LogP contribution in [0.15, 0.2) is 22.7 Å². The minimum Gasteiger partial charge on any atom is -0.495 e. The molecular weight excluding hydrogens is 286 g/mol. The molecule has 0 amide bonds. The van der Waals surface area contributed by atoms with Crippen molar-refractivity contribution in [3.8, 4) is 17.0 Å². The number of halogens is 1. The summed E-state index contributed by atoms with van der Waals surface area (Å²) in [4.78, 5) is 10.8. The van der Waals surface area contributed by atoms with E-state index in [0.29, 0.717) is 28.6 Å². The molecule has 106 valence electrons. The van der Waals surface area contributed by atoms with Gasteiger partial charge in [-0.2, -0.15) is 0 Å². The Kier molecular flexibility index (Phi) is 4.26. The smallest absolute Gasteiger partial charge is 0.374 e. The molecule has 1 aromatic heterocycles. The molecule has 0 radical (unpaired) electrons. The number of nitrogens with zero attached hydrogens (tertiary/aromatic N) is 1. The van der Waals surface area contributed by atoms with E-state index in [0.717, 1.165) is 5.56 Å². The summed E-state index contributed by atoms with van der Waals surface area (Å²) in [5, 5.41) is 13.0. The molecule has 1 N–H and O–H groups in total. The van der Waals surface area contributed by atoms with Crippen molar-refractivity contribution in [2.45, 2.75) is 6.61 Å². The molecule has 0 spiro atoms. The molecule has 0 fully saturated rings. The third-order valence-corrected chi connectivity index (χ3v) is 2.97. The summed E-state index contributed by atoms with van der Waals surface area (Å²) in [5.74, 6) is -0.920. The number of benzene rings is 1. The Bertz CT molecular complexity index is 638. The average Bonchev–Trinajstić information content (AvgIpc) is 2.90. The lowest BCUT2D eigenvalue weighted by atomic mass is 10.0. The zero-order valence-corrected chi connectivity index (χ0v) is 11.6. The van der Waals surface area contributed by atoms with Gasteiger partial charge < -0.3 is 19.1 Å². The summed E-state index contributed by atoms with van der Waals surface area (Å²) >= 11 is 6.08. The molecule has 20 heavy (non-hydrogen) atoms. The van der Waals surface area contributed by atoms with Gasteiger partial charge in [-0.25, -0.2) is 4.79 Å². The highest BCUT2D eigenvalue weighted by atomic mass is 35.5. The van der Waals surface area contributed by atoms with Crippen molar-refractivity contribution in [1.29, 1.82) is 0 Å². The first-order chi connectivity index (χ1) is 9.56. The van der Waals surface area contributed by atoms with E-state index in [-0.39, 0.29) is 5.76 Å². The number of aromatic carboxylic acids is 1. The average molecular weight is 298 g/mol. The molecule has 0 aliphatic carbocycles. The van der Waals surface area contributed by atoms with Crippen molar-refractivity contribution in [1.82, 2.24) is 5.16 Å². The third-order valence-electron chi connectivity index (χ3n) is 2.67. The van der Waals surface area contributed by atoms with Crippen LogP contribution in [0.3, 0.4) is 0 Å². The highest BCUT2D eigenvalue weighted by molar-refractivity contribution is 6.32. The molecule has 1 heterocycles. The molecule has 0 saturated carbocycles. The molecule has 2 rings (SSSR count). The van der Waals surface area contributed by atoms with Crippen molar-refractivity contribution >= 4 is 17.6 Å². The van der Waals surface area contributed by atoms with Gasteiger partial charge >= 0.3 is 5.97 Å². The summed E-state index contributed by atoms with van der Waals surface area (Å²) in [7, 11) is 3.06. The van der Waals surface area contributed by atoms with Crippen LogP contribution in [0.4, 0.5) is 0 Å². The molecule has 6 nitrogen and oxygen atoms in total. The quantitative estimate of drug-likeness (QED) is 0.914. The van der Waals surface area contributed by atoms with E-state index >= 15 is 0 Å². The summed E-state index contributed by atoms with van der Waals surface area (Å²) in [6.07, 6.45) is 0. The normalized spacial score (nSPS) is 10.6. The first-order valence-corrected chi connectivity index (χ1v) is 6.00.